The average Bonchev–Trinajstić information content (AvgIpc) is 2.29. The van der Waals surface area contributed by atoms with E-state index in [9.17, 15) is 19.7 Å². The maximum Gasteiger partial charge on any atom is 0.335 e. The van der Waals surface area contributed by atoms with Gasteiger partial charge in [-0.25, -0.2) is 4.79 Å². The number of carbonyl (C=O) groups is 2. The first-order valence-corrected chi connectivity index (χ1v) is 5.36. The third kappa shape index (κ3) is 3.42. The van der Waals surface area contributed by atoms with Gasteiger partial charge in [0, 0.05) is 18.4 Å². The molecule has 0 bridgehead atoms. The molecule has 0 heterocycles. The molecule has 8 heteroatoms. The molecule has 7 nitrogen and oxygen atoms in total. The van der Waals surface area contributed by atoms with Crippen molar-refractivity contribution >= 4 is 34.9 Å². The van der Waals surface area contributed by atoms with Crippen LogP contribution in [0, 0.1) is 10.1 Å². The van der Waals surface area contributed by atoms with Crippen LogP contribution in [0.3, 0.4) is 0 Å². The molecule has 0 aromatic heterocycles. The highest BCUT2D eigenvalue weighted by molar-refractivity contribution is 6.19. The quantitative estimate of drug-likeness (QED) is 0.483. The molecule has 0 saturated heterocycles. The molecule has 1 amide bonds. The molecular formula is C10H9ClN2O5. The SMILES string of the molecule is O=C(CCCl)Nc1ccc(C(=O)O)cc1[N+](=O)[O-]. The van der Waals surface area contributed by atoms with Crippen molar-refractivity contribution in [1.82, 2.24) is 0 Å². The summed E-state index contributed by atoms with van der Waals surface area (Å²) in [5.74, 6) is -1.67. The number of nitrogens with one attached hydrogen (secondary N) is 1. The number of carboxylic acid groups (broad SMARTS) is 1. The third-order valence-electron chi connectivity index (χ3n) is 2.04. The van der Waals surface area contributed by atoms with Crippen LogP contribution < -0.4 is 5.32 Å². The number of nitro groups is 1. The van der Waals surface area contributed by atoms with Gasteiger partial charge in [-0.1, -0.05) is 0 Å². The van der Waals surface area contributed by atoms with Gasteiger partial charge in [-0.3, -0.25) is 14.9 Å². The monoisotopic (exact) mass is 272 g/mol. The van der Waals surface area contributed by atoms with Gasteiger partial charge in [0.05, 0.1) is 10.5 Å². The second-order valence-corrected chi connectivity index (χ2v) is 3.66. The standard InChI is InChI=1S/C10H9ClN2O5/c11-4-3-9(14)12-7-2-1-6(10(15)16)5-8(7)13(17)18/h1-2,5H,3-4H2,(H,12,14)(H,15,16). The van der Waals surface area contributed by atoms with Gasteiger partial charge in [-0.15, -0.1) is 11.6 Å². The summed E-state index contributed by atoms with van der Waals surface area (Å²) in [7, 11) is 0. The Labute approximate surface area is 107 Å². The highest BCUT2D eigenvalue weighted by atomic mass is 35.5. The summed E-state index contributed by atoms with van der Waals surface area (Å²) in [6.45, 7) is 0. The van der Waals surface area contributed by atoms with E-state index in [0.29, 0.717) is 0 Å². The zero-order valence-corrected chi connectivity index (χ0v) is 9.81. The molecule has 0 aliphatic rings. The molecule has 0 aliphatic carbocycles. The van der Waals surface area contributed by atoms with Gasteiger partial charge in [-0.05, 0) is 12.1 Å². The van der Waals surface area contributed by atoms with Gasteiger partial charge < -0.3 is 10.4 Å². The van der Waals surface area contributed by atoms with Crippen molar-refractivity contribution in [1.29, 1.82) is 0 Å². The summed E-state index contributed by atoms with van der Waals surface area (Å²) in [5, 5.41) is 21.8. The molecule has 18 heavy (non-hydrogen) atoms. The molecule has 0 fully saturated rings. The lowest BCUT2D eigenvalue weighted by atomic mass is 10.1. The summed E-state index contributed by atoms with van der Waals surface area (Å²) in [5.41, 5.74) is -0.755. The van der Waals surface area contributed by atoms with Crippen molar-refractivity contribution in [2.75, 3.05) is 11.2 Å². The van der Waals surface area contributed by atoms with Crippen LogP contribution >= 0.6 is 11.6 Å². The van der Waals surface area contributed by atoms with Crippen LogP contribution in [0.2, 0.25) is 0 Å². The Balaban J connectivity index is 3.08. The Kier molecular flexibility index (Phi) is 4.61. The molecule has 0 spiro atoms. The lowest BCUT2D eigenvalue weighted by Gasteiger charge is -2.05. The van der Waals surface area contributed by atoms with E-state index in [1.54, 1.807) is 0 Å². The highest BCUT2D eigenvalue weighted by Gasteiger charge is 2.18. The number of amides is 1. The fraction of sp³-hybridized carbons (Fsp3) is 0.200. The highest BCUT2D eigenvalue weighted by Crippen LogP contribution is 2.25. The number of nitro benzene ring substituents is 1. The lowest BCUT2D eigenvalue weighted by molar-refractivity contribution is -0.384. The normalized spacial score (nSPS) is 9.83. The van der Waals surface area contributed by atoms with Crippen molar-refractivity contribution in [2.45, 2.75) is 6.42 Å². The van der Waals surface area contributed by atoms with Crippen LogP contribution in [-0.2, 0) is 4.79 Å². The predicted octanol–water partition coefficient (Wildman–Crippen LogP) is 1.86. The zero-order chi connectivity index (χ0) is 13.7. The Morgan fingerprint density at radius 2 is 2.11 bits per heavy atom. The fourth-order valence-electron chi connectivity index (χ4n) is 1.22. The molecule has 0 aliphatic heterocycles. The lowest BCUT2D eigenvalue weighted by Crippen LogP contribution is -2.13. The first-order valence-electron chi connectivity index (χ1n) is 4.83. The van der Waals surface area contributed by atoms with Crippen LogP contribution in [0.25, 0.3) is 0 Å². The van der Waals surface area contributed by atoms with E-state index >= 15 is 0 Å². The summed E-state index contributed by atoms with van der Waals surface area (Å²) < 4.78 is 0. The zero-order valence-electron chi connectivity index (χ0n) is 9.05. The van der Waals surface area contributed by atoms with Crippen molar-refractivity contribution in [3.63, 3.8) is 0 Å². The molecule has 0 unspecified atom stereocenters. The number of halogens is 1. The molecule has 96 valence electrons. The minimum absolute atomic E-state index is 0.0133. The van der Waals surface area contributed by atoms with Crippen LogP contribution in [0.1, 0.15) is 16.8 Å². The van der Waals surface area contributed by atoms with Gasteiger partial charge in [0.2, 0.25) is 5.91 Å². The maximum absolute atomic E-state index is 11.3. The molecule has 1 aromatic rings. The minimum Gasteiger partial charge on any atom is -0.478 e. The molecule has 0 saturated carbocycles. The van der Waals surface area contributed by atoms with Crippen LogP contribution in [0.15, 0.2) is 18.2 Å². The van der Waals surface area contributed by atoms with Crippen LogP contribution in [0.4, 0.5) is 11.4 Å². The number of aromatic carboxylic acids is 1. The number of rotatable bonds is 5. The number of alkyl halides is 1. The van der Waals surface area contributed by atoms with Gasteiger partial charge in [0.25, 0.3) is 5.69 Å². The molecule has 2 N–H and O–H groups in total. The molecule has 0 atom stereocenters. The Morgan fingerprint density at radius 1 is 1.44 bits per heavy atom. The Bertz CT molecular complexity index is 503. The molecule has 1 aromatic carbocycles. The summed E-state index contributed by atoms with van der Waals surface area (Å²) in [6, 6.07) is 3.23. The number of carbonyl (C=O) groups excluding carboxylic acids is 1. The fourth-order valence-corrected chi connectivity index (χ4v) is 1.39. The average molecular weight is 273 g/mol. The van der Waals surface area contributed by atoms with Crippen LogP contribution in [0.5, 0.6) is 0 Å². The Hall–Kier alpha value is -2.15. The predicted molar refractivity (Wildman–Crippen MR) is 64.0 cm³/mol. The number of hydrogen-bond acceptors (Lipinski definition) is 4. The van der Waals surface area contributed by atoms with E-state index in [1.807, 2.05) is 0 Å². The Morgan fingerprint density at radius 3 is 2.61 bits per heavy atom. The van der Waals surface area contributed by atoms with E-state index in [-0.39, 0.29) is 23.6 Å². The van der Waals surface area contributed by atoms with E-state index in [2.05, 4.69) is 5.32 Å². The topological polar surface area (TPSA) is 110 Å². The number of nitrogens with zero attached hydrogens (tertiary/aromatic N) is 1. The molecule has 0 radical (unpaired) electrons. The number of anilines is 1. The van der Waals surface area contributed by atoms with Crippen molar-refractivity contribution in [3.05, 3.63) is 33.9 Å². The number of benzene rings is 1. The van der Waals surface area contributed by atoms with E-state index in [1.165, 1.54) is 12.1 Å². The first-order chi connectivity index (χ1) is 8.45. The van der Waals surface area contributed by atoms with Crippen LogP contribution in [-0.4, -0.2) is 27.8 Å². The third-order valence-corrected chi connectivity index (χ3v) is 2.23. The summed E-state index contributed by atoms with van der Waals surface area (Å²) >= 11 is 5.36. The summed E-state index contributed by atoms with van der Waals surface area (Å²) in [4.78, 5) is 32.0. The van der Waals surface area contributed by atoms with Crippen molar-refractivity contribution < 1.29 is 19.6 Å². The second-order valence-electron chi connectivity index (χ2n) is 3.28. The number of carboxylic acids is 1. The summed E-state index contributed by atoms with van der Waals surface area (Å²) in [6.07, 6.45) is 0.0133. The molecule has 1 rings (SSSR count). The van der Waals surface area contributed by atoms with Crippen molar-refractivity contribution in [3.8, 4) is 0 Å². The largest absolute Gasteiger partial charge is 0.478 e. The van der Waals surface area contributed by atoms with E-state index in [4.69, 9.17) is 16.7 Å². The van der Waals surface area contributed by atoms with Crippen molar-refractivity contribution in [2.24, 2.45) is 0 Å². The molecular weight excluding hydrogens is 264 g/mol. The van der Waals surface area contributed by atoms with Gasteiger partial charge in [-0.2, -0.15) is 0 Å². The van der Waals surface area contributed by atoms with Gasteiger partial charge in [0.1, 0.15) is 5.69 Å². The van der Waals surface area contributed by atoms with Gasteiger partial charge >= 0.3 is 5.97 Å². The van der Waals surface area contributed by atoms with E-state index < -0.39 is 22.5 Å². The first kappa shape index (κ1) is 13.9. The maximum atomic E-state index is 11.3. The smallest absolute Gasteiger partial charge is 0.335 e. The second kappa shape index (κ2) is 5.97. The van der Waals surface area contributed by atoms with E-state index in [0.717, 1.165) is 6.07 Å². The van der Waals surface area contributed by atoms with Gasteiger partial charge in [0.15, 0.2) is 0 Å². The number of hydrogen-bond donors (Lipinski definition) is 2. The minimum atomic E-state index is -1.28.